The molecule has 1 amide bonds. The molecule has 0 aliphatic heterocycles. The third-order valence-corrected chi connectivity index (χ3v) is 4.47. The molecule has 7 heteroatoms. The predicted octanol–water partition coefficient (Wildman–Crippen LogP) is 2.55. The number of anilines is 1. The Morgan fingerprint density at radius 3 is 2.81 bits per heavy atom. The van der Waals surface area contributed by atoms with Crippen LogP contribution < -0.4 is 10.9 Å². The van der Waals surface area contributed by atoms with E-state index in [9.17, 15) is 9.59 Å². The molecule has 1 aromatic carbocycles. The standard InChI is InChI=1S/C20H19N5O2/c1-3-14-6-4-7-15(11-14)22-18(26)12-24-16-8-5-9-21-19(16)25-17(20(24)27)10-13(2)23-25/h4-11H,3,12H2,1-2H3,(H,22,26). The van der Waals surface area contributed by atoms with Gasteiger partial charge in [-0.3, -0.25) is 14.2 Å². The number of hydrogen-bond acceptors (Lipinski definition) is 4. The monoisotopic (exact) mass is 361 g/mol. The first-order valence-corrected chi connectivity index (χ1v) is 8.79. The summed E-state index contributed by atoms with van der Waals surface area (Å²) in [6.45, 7) is 3.78. The van der Waals surface area contributed by atoms with E-state index in [1.54, 1.807) is 24.4 Å². The van der Waals surface area contributed by atoms with E-state index in [1.807, 2.05) is 31.2 Å². The van der Waals surface area contributed by atoms with Gasteiger partial charge in [-0.25, -0.2) is 9.50 Å². The summed E-state index contributed by atoms with van der Waals surface area (Å²) in [6, 6.07) is 12.9. The van der Waals surface area contributed by atoms with E-state index in [1.165, 1.54) is 9.08 Å². The van der Waals surface area contributed by atoms with Crippen LogP contribution in [0.15, 0.2) is 53.5 Å². The van der Waals surface area contributed by atoms with Crippen LogP contribution in [0, 0.1) is 6.92 Å². The molecule has 0 aliphatic carbocycles. The summed E-state index contributed by atoms with van der Waals surface area (Å²) in [7, 11) is 0. The topological polar surface area (TPSA) is 81.3 Å². The van der Waals surface area contributed by atoms with Crippen LogP contribution in [-0.4, -0.2) is 25.1 Å². The smallest absolute Gasteiger partial charge is 0.277 e. The number of carbonyl (C=O) groups excluding carboxylic acids is 1. The minimum Gasteiger partial charge on any atom is -0.325 e. The average molecular weight is 361 g/mol. The molecule has 0 radical (unpaired) electrons. The second kappa shape index (κ2) is 6.68. The largest absolute Gasteiger partial charge is 0.325 e. The van der Waals surface area contributed by atoms with Crippen molar-refractivity contribution in [2.75, 3.05) is 5.32 Å². The summed E-state index contributed by atoms with van der Waals surface area (Å²) in [5.74, 6) is -0.268. The number of carbonyl (C=O) groups is 1. The molecule has 3 aromatic heterocycles. The van der Waals surface area contributed by atoms with Crippen molar-refractivity contribution >= 4 is 28.3 Å². The van der Waals surface area contributed by atoms with Crippen molar-refractivity contribution in [3.8, 4) is 0 Å². The Bertz CT molecular complexity index is 1220. The molecule has 0 saturated heterocycles. The van der Waals surface area contributed by atoms with Crippen LogP contribution >= 0.6 is 0 Å². The van der Waals surface area contributed by atoms with Crippen molar-refractivity contribution < 1.29 is 4.79 Å². The SMILES string of the molecule is CCc1cccc(NC(=O)Cn2c(=O)c3cc(C)nn3c3ncccc32)c1. The summed E-state index contributed by atoms with van der Waals surface area (Å²) < 4.78 is 2.98. The highest BCUT2D eigenvalue weighted by atomic mass is 16.2. The van der Waals surface area contributed by atoms with E-state index in [2.05, 4.69) is 22.3 Å². The van der Waals surface area contributed by atoms with Crippen LogP contribution in [0.1, 0.15) is 18.2 Å². The summed E-state index contributed by atoms with van der Waals surface area (Å²) in [6.07, 6.45) is 2.53. The number of nitrogens with zero attached hydrogens (tertiary/aromatic N) is 4. The average Bonchev–Trinajstić information content (AvgIpc) is 3.07. The Labute approximate surface area is 155 Å². The van der Waals surface area contributed by atoms with Crippen LogP contribution in [0.4, 0.5) is 5.69 Å². The number of fused-ring (bicyclic) bond motifs is 3. The van der Waals surface area contributed by atoms with Crippen LogP contribution in [0.3, 0.4) is 0 Å². The van der Waals surface area contributed by atoms with Crippen molar-refractivity contribution in [1.29, 1.82) is 0 Å². The molecule has 0 aliphatic rings. The molecule has 7 nitrogen and oxygen atoms in total. The number of aromatic nitrogens is 4. The highest BCUT2D eigenvalue weighted by Crippen LogP contribution is 2.14. The fourth-order valence-corrected chi connectivity index (χ4v) is 3.19. The van der Waals surface area contributed by atoms with E-state index < -0.39 is 0 Å². The molecule has 4 rings (SSSR count). The zero-order valence-corrected chi connectivity index (χ0v) is 15.1. The van der Waals surface area contributed by atoms with Gasteiger partial charge in [-0.2, -0.15) is 5.10 Å². The van der Waals surface area contributed by atoms with E-state index >= 15 is 0 Å². The van der Waals surface area contributed by atoms with Gasteiger partial charge in [-0.1, -0.05) is 19.1 Å². The summed E-state index contributed by atoms with van der Waals surface area (Å²) in [5, 5.41) is 7.22. The Balaban J connectivity index is 1.75. The molecule has 136 valence electrons. The van der Waals surface area contributed by atoms with E-state index in [0.717, 1.165) is 23.4 Å². The van der Waals surface area contributed by atoms with Crippen molar-refractivity contribution in [3.63, 3.8) is 0 Å². The lowest BCUT2D eigenvalue weighted by Crippen LogP contribution is -2.29. The Kier molecular flexibility index (Phi) is 4.19. The first kappa shape index (κ1) is 17.0. The van der Waals surface area contributed by atoms with Crippen molar-refractivity contribution in [1.82, 2.24) is 19.2 Å². The number of hydrogen-bond donors (Lipinski definition) is 1. The molecule has 0 saturated carbocycles. The number of amides is 1. The maximum Gasteiger partial charge on any atom is 0.277 e. The molecular weight excluding hydrogens is 342 g/mol. The first-order valence-electron chi connectivity index (χ1n) is 8.79. The minimum atomic E-state index is -0.270. The molecule has 27 heavy (non-hydrogen) atoms. The van der Waals surface area contributed by atoms with E-state index in [-0.39, 0.29) is 18.0 Å². The molecule has 0 spiro atoms. The third-order valence-electron chi connectivity index (χ3n) is 4.47. The van der Waals surface area contributed by atoms with Crippen LogP contribution in [0.2, 0.25) is 0 Å². The summed E-state index contributed by atoms with van der Waals surface area (Å²) >= 11 is 0. The van der Waals surface area contributed by atoms with Gasteiger partial charge in [0.25, 0.3) is 5.56 Å². The Morgan fingerprint density at radius 2 is 2.00 bits per heavy atom. The normalized spacial score (nSPS) is 11.2. The molecular formula is C20H19N5O2. The number of aryl methyl sites for hydroxylation is 2. The lowest BCUT2D eigenvalue weighted by molar-refractivity contribution is -0.116. The molecule has 3 heterocycles. The lowest BCUT2D eigenvalue weighted by atomic mass is 10.1. The Morgan fingerprint density at radius 1 is 1.15 bits per heavy atom. The van der Waals surface area contributed by atoms with Gasteiger partial charge < -0.3 is 5.32 Å². The molecule has 0 unspecified atom stereocenters. The number of nitrogens with one attached hydrogen (secondary N) is 1. The number of benzene rings is 1. The zero-order chi connectivity index (χ0) is 19.0. The summed E-state index contributed by atoms with van der Waals surface area (Å²) in [4.78, 5) is 29.9. The van der Waals surface area contributed by atoms with Crippen molar-refractivity contribution in [2.24, 2.45) is 0 Å². The second-order valence-electron chi connectivity index (χ2n) is 6.42. The molecule has 0 atom stereocenters. The van der Waals surface area contributed by atoms with E-state index in [4.69, 9.17) is 0 Å². The lowest BCUT2D eigenvalue weighted by Gasteiger charge is -2.12. The highest BCUT2D eigenvalue weighted by molar-refractivity contribution is 5.91. The molecule has 1 N–H and O–H groups in total. The molecule has 0 bridgehead atoms. The van der Waals surface area contributed by atoms with Gasteiger partial charge in [0.1, 0.15) is 12.1 Å². The van der Waals surface area contributed by atoms with Crippen molar-refractivity contribution in [2.45, 2.75) is 26.8 Å². The van der Waals surface area contributed by atoms with Gasteiger partial charge in [-0.15, -0.1) is 0 Å². The quantitative estimate of drug-likeness (QED) is 0.606. The van der Waals surface area contributed by atoms with Gasteiger partial charge in [-0.05, 0) is 49.2 Å². The van der Waals surface area contributed by atoms with Gasteiger partial charge in [0.05, 0.1) is 11.2 Å². The maximum atomic E-state index is 12.9. The van der Waals surface area contributed by atoms with Gasteiger partial charge in [0, 0.05) is 11.9 Å². The zero-order valence-electron chi connectivity index (χ0n) is 15.1. The van der Waals surface area contributed by atoms with E-state index in [0.29, 0.717) is 16.7 Å². The summed E-state index contributed by atoms with van der Waals surface area (Å²) in [5.41, 5.74) is 3.81. The first-order chi connectivity index (χ1) is 13.1. The Hall–Kier alpha value is -3.48. The highest BCUT2D eigenvalue weighted by Gasteiger charge is 2.15. The van der Waals surface area contributed by atoms with Crippen LogP contribution in [0.5, 0.6) is 0 Å². The minimum absolute atomic E-state index is 0.0991. The molecule has 0 fully saturated rings. The third kappa shape index (κ3) is 3.08. The maximum absolute atomic E-state index is 12.9. The molecule has 4 aromatic rings. The van der Waals surface area contributed by atoms with Gasteiger partial charge in [0.2, 0.25) is 5.91 Å². The van der Waals surface area contributed by atoms with Crippen LogP contribution in [0.25, 0.3) is 16.7 Å². The number of rotatable bonds is 4. The fraction of sp³-hybridized carbons (Fsp3) is 0.200. The van der Waals surface area contributed by atoms with Gasteiger partial charge in [0.15, 0.2) is 5.65 Å². The fourth-order valence-electron chi connectivity index (χ4n) is 3.19. The van der Waals surface area contributed by atoms with Gasteiger partial charge >= 0.3 is 0 Å². The number of pyridine rings is 1. The predicted molar refractivity (Wildman–Crippen MR) is 104 cm³/mol. The second-order valence-corrected chi connectivity index (χ2v) is 6.42. The van der Waals surface area contributed by atoms with Crippen molar-refractivity contribution in [3.05, 3.63) is 70.3 Å². The van der Waals surface area contributed by atoms with Crippen LogP contribution in [-0.2, 0) is 17.8 Å².